The third kappa shape index (κ3) is 14.7. The molecule has 2 aliphatic rings. The van der Waals surface area contributed by atoms with Gasteiger partial charge in [-0.15, -0.1) is 12.3 Å². The van der Waals surface area contributed by atoms with Crippen LogP contribution in [0.3, 0.4) is 0 Å². The van der Waals surface area contributed by atoms with Gasteiger partial charge in [0.2, 0.25) is 11.8 Å². The number of anilines is 4. The molecular formula is C52H53BrCl2N6O10S2. The predicted molar refractivity (Wildman–Crippen MR) is 281 cm³/mol. The molecule has 0 saturated heterocycles. The van der Waals surface area contributed by atoms with Gasteiger partial charge in [0, 0.05) is 59.2 Å². The van der Waals surface area contributed by atoms with Crippen LogP contribution in [0.25, 0.3) is 0 Å². The number of carbonyl (C=O) groups excluding carboxylic acids is 2. The van der Waals surface area contributed by atoms with Gasteiger partial charge in [-0.3, -0.25) is 19.4 Å². The molecule has 8 rings (SSSR count). The Balaban J connectivity index is 0.000000212. The van der Waals surface area contributed by atoms with E-state index in [4.69, 9.17) is 43.6 Å². The van der Waals surface area contributed by atoms with Gasteiger partial charge in [0.05, 0.1) is 56.8 Å². The van der Waals surface area contributed by atoms with Gasteiger partial charge in [-0.1, -0.05) is 84.9 Å². The van der Waals surface area contributed by atoms with Crippen LogP contribution in [0.2, 0.25) is 10.0 Å². The predicted octanol–water partition coefficient (Wildman–Crippen LogP) is 11.7. The quantitative estimate of drug-likeness (QED) is 0.0931. The van der Waals surface area contributed by atoms with E-state index in [-0.39, 0.29) is 69.0 Å². The number of aromatic nitrogens is 4. The van der Waals surface area contributed by atoms with E-state index in [1.807, 2.05) is 0 Å². The summed E-state index contributed by atoms with van der Waals surface area (Å²) >= 11 is 16.1. The van der Waals surface area contributed by atoms with Crippen LogP contribution in [0.15, 0.2) is 109 Å². The number of pyridine rings is 2. The fraction of sp³-hybridized carbons (Fsp3) is 0.346. The first kappa shape index (κ1) is 56.1. The molecule has 0 aliphatic heterocycles. The van der Waals surface area contributed by atoms with E-state index in [1.165, 1.54) is 124 Å². The van der Waals surface area contributed by atoms with Gasteiger partial charge in [-0.2, -0.15) is 0 Å². The van der Waals surface area contributed by atoms with E-state index >= 15 is 0 Å². The molecule has 16 nitrogen and oxygen atoms in total. The molecule has 0 spiro atoms. The van der Waals surface area contributed by atoms with Crippen LogP contribution in [0, 0.1) is 36.0 Å². The molecule has 0 bridgehead atoms. The van der Waals surface area contributed by atoms with Crippen molar-refractivity contribution in [2.75, 3.05) is 24.0 Å². The lowest BCUT2D eigenvalue weighted by Crippen LogP contribution is -2.26. The van der Waals surface area contributed by atoms with Crippen molar-refractivity contribution in [2.24, 2.45) is 11.8 Å². The van der Waals surface area contributed by atoms with E-state index in [1.54, 1.807) is 38.1 Å². The standard InChI is InChI=1S/C26H26ClN3O5S.C19H17BrClN3O5S.C7H10/c1-3-26(31)30(25-11-10-21(16-28-25)36(32,33)17-20-12-13-35-29-20)23-15-22(27)19(14-24(23)34-2)9-8-18-6-4-5-7-18;1-3-19(25)24(16-9-15(21)14(20)8-17(16)28-2)18-5-4-13(10-22-18)30(26,27)11-12-6-7-29-23-12;1-2-7-5-3-4-6-7/h10-16,18H,3-7,17H2,1-2H3;4-10H,3,11H2,1-2H3;1,7H,3-6H2. The summed E-state index contributed by atoms with van der Waals surface area (Å²) in [6, 6.07) is 15.3. The molecule has 6 aromatic rings. The maximum absolute atomic E-state index is 13.0. The van der Waals surface area contributed by atoms with Gasteiger partial charge in [0.1, 0.15) is 47.2 Å². The molecule has 2 aliphatic carbocycles. The summed E-state index contributed by atoms with van der Waals surface area (Å²) in [7, 11) is -4.41. The van der Waals surface area contributed by atoms with Crippen molar-refractivity contribution in [1.82, 2.24) is 20.3 Å². The summed E-state index contributed by atoms with van der Waals surface area (Å²) in [5.74, 6) is 10.3. The highest BCUT2D eigenvalue weighted by atomic mass is 79.9. The molecule has 384 valence electrons. The minimum atomic E-state index is -3.70. The summed E-state index contributed by atoms with van der Waals surface area (Å²) in [5, 5.41) is 8.04. The normalized spacial score (nSPS) is 13.6. The summed E-state index contributed by atoms with van der Waals surface area (Å²) in [5.41, 5.74) is 1.98. The number of terminal acetylenes is 1. The Bertz CT molecular complexity index is 3170. The average molecular weight is 1140 g/mol. The minimum Gasteiger partial charge on any atom is -0.495 e. The zero-order valence-electron chi connectivity index (χ0n) is 40.5. The molecule has 0 N–H and O–H groups in total. The second-order valence-corrected chi connectivity index (χ2v) is 22.4. The monoisotopic (exact) mass is 1130 g/mol. The van der Waals surface area contributed by atoms with E-state index in [2.05, 4.69) is 58.5 Å². The zero-order valence-corrected chi connectivity index (χ0v) is 45.2. The first-order valence-corrected chi connectivity index (χ1v) is 28.1. The van der Waals surface area contributed by atoms with E-state index in [9.17, 15) is 26.4 Å². The summed E-state index contributed by atoms with van der Waals surface area (Å²) < 4.78 is 71.6. The van der Waals surface area contributed by atoms with Gasteiger partial charge >= 0.3 is 0 Å². The number of ether oxygens (including phenoxy) is 2. The SMILES string of the molecule is C#CC1CCCC1.CCC(=O)N(c1ccc(S(=O)(=O)Cc2ccon2)cn1)c1cc(Cl)c(Br)cc1OC.CCC(=O)N(c1ccc(S(=O)(=O)Cc2ccon2)cn1)c1cc(Cl)c(C#CC2CCCC2)cc1OC. The second kappa shape index (κ2) is 26.1. The minimum absolute atomic E-state index is 0.000630. The fourth-order valence-corrected chi connectivity index (χ4v) is 10.9. The third-order valence-electron chi connectivity index (χ3n) is 11.7. The van der Waals surface area contributed by atoms with Crippen LogP contribution >= 0.6 is 39.1 Å². The van der Waals surface area contributed by atoms with Gasteiger partial charge < -0.3 is 18.5 Å². The number of amides is 2. The van der Waals surface area contributed by atoms with Gasteiger partial charge in [0.25, 0.3) is 0 Å². The Labute approximate surface area is 444 Å². The smallest absolute Gasteiger partial charge is 0.232 e. The number of sulfone groups is 2. The summed E-state index contributed by atoms with van der Waals surface area (Å²) in [4.78, 5) is 36.9. The molecule has 2 fully saturated rings. The number of halogens is 3. The Morgan fingerprint density at radius 2 is 1.15 bits per heavy atom. The van der Waals surface area contributed by atoms with Gasteiger partial charge in [0.15, 0.2) is 19.7 Å². The molecule has 0 radical (unpaired) electrons. The molecule has 4 aromatic heterocycles. The van der Waals surface area contributed by atoms with Crippen molar-refractivity contribution in [3.63, 3.8) is 0 Å². The van der Waals surface area contributed by atoms with Crippen molar-refractivity contribution in [1.29, 1.82) is 0 Å². The molecule has 2 saturated carbocycles. The fourth-order valence-electron chi connectivity index (χ4n) is 7.82. The Morgan fingerprint density at radius 3 is 1.53 bits per heavy atom. The Morgan fingerprint density at radius 1 is 0.699 bits per heavy atom. The highest BCUT2D eigenvalue weighted by Crippen LogP contribution is 2.41. The van der Waals surface area contributed by atoms with Crippen LogP contribution < -0.4 is 19.3 Å². The Kier molecular flexibility index (Phi) is 20.1. The van der Waals surface area contributed by atoms with E-state index < -0.39 is 19.7 Å². The summed E-state index contributed by atoms with van der Waals surface area (Å²) in [6.07, 6.45) is 20.4. The number of hydrogen-bond donors (Lipinski definition) is 0. The van der Waals surface area contributed by atoms with E-state index in [0.717, 1.165) is 12.8 Å². The van der Waals surface area contributed by atoms with Crippen molar-refractivity contribution in [2.45, 2.75) is 99.4 Å². The summed E-state index contributed by atoms with van der Waals surface area (Å²) in [6.45, 7) is 3.43. The Hall–Kier alpha value is -6.22. The van der Waals surface area contributed by atoms with Crippen LogP contribution in [-0.4, -0.2) is 63.2 Å². The van der Waals surface area contributed by atoms with Crippen molar-refractivity contribution < 1.29 is 44.9 Å². The lowest BCUT2D eigenvalue weighted by molar-refractivity contribution is -0.118. The van der Waals surface area contributed by atoms with Crippen LogP contribution in [0.4, 0.5) is 23.0 Å². The molecule has 2 aromatic carbocycles. The van der Waals surface area contributed by atoms with Crippen LogP contribution in [0.1, 0.15) is 95.0 Å². The third-order valence-corrected chi connectivity index (χ3v) is 16.5. The van der Waals surface area contributed by atoms with Crippen LogP contribution in [-0.2, 0) is 40.8 Å². The number of benzene rings is 2. The van der Waals surface area contributed by atoms with Crippen molar-refractivity contribution in [3.05, 3.63) is 117 Å². The maximum Gasteiger partial charge on any atom is 0.232 e. The first-order chi connectivity index (χ1) is 35.0. The van der Waals surface area contributed by atoms with Gasteiger partial charge in [-0.05, 0) is 90.1 Å². The molecular weight excluding hydrogens is 1080 g/mol. The maximum atomic E-state index is 13.0. The molecule has 73 heavy (non-hydrogen) atoms. The highest BCUT2D eigenvalue weighted by Gasteiger charge is 2.27. The molecule has 0 unspecified atom stereocenters. The second-order valence-electron chi connectivity index (χ2n) is 16.7. The molecule has 0 atom stereocenters. The zero-order chi connectivity index (χ0) is 52.7. The largest absolute Gasteiger partial charge is 0.495 e. The van der Waals surface area contributed by atoms with Crippen LogP contribution in [0.5, 0.6) is 11.5 Å². The molecule has 2 amide bonds. The molecule has 4 heterocycles. The number of nitrogens with zero attached hydrogens (tertiary/aromatic N) is 6. The number of rotatable bonds is 14. The number of carbonyl (C=O) groups is 2. The lowest BCUT2D eigenvalue weighted by Gasteiger charge is -2.24. The average Bonchev–Trinajstić information content (AvgIpc) is 4.26. The van der Waals surface area contributed by atoms with Crippen molar-refractivity contribution >= 4 is 93.6 Å². The first-order valence-electron chi connectivity index (χ1n) is 23.2. The van der Waals surface area contributed by atoms with Gasteiger partial charge in [-0.25, -0.2) is 26.8 Å². The highest BCUT2D eigenvalue weighted by molar-refractivity contribution is 9.10. The molecule has 21 heteroatoms. The topological polar surface area (TPSA) is 205 Å². The van der Waals surface area contributed by atoms with Crippen molar-refractivity contribution in [3.8, 4) is 35.7 Å². The number of methoxy groups -OCH3 is 2. The van der Waals surface area contributed by atoms with E-state index in [0.29, 0.717) is 54.8 Å². The lowest BCUT2D eigenvalue weighted by atomic mass is 10.1. The number of hydrogen-bond acceptors (Lipinski definition) is 14.